The predicted molar refractivity (Wildman–Crippen MR) is 443 cm³/mol. The minimum Gasteiger partial charge on any atom is -0.508 e. The number of hydrogen-bond acceptors (Lipinski definition) is 24. The van der Waals surface area contributed by atoms with Crippen molar-refractivity contribution in [1.82, 2.24) is 74.4 Å². The molecule has 0 aromatic heterocycles. The van der Waals surface area contributed by atoms with Crippen LogP contribution in [-0.2, 0) is 99.1 Å². The first-order valence-electron chi connectivity index (χ1n) is 41.0. The van der Waals surface area contributed by atoms with E-state index in [1.165, 1.54) is 31.2 Å². The Morgan fingerprint density at radius 2 is 0.787 bits per heavy atom. The van der Waals surface area contributed by atoms with Crippen molar-refractivity contribution < 1.29 is 112 Å². The van der Waals surface area contributed by atoms with Crippen LogP contribution in [0.3, 0.4) is 0 Å². The summed E-state index contributed by atoms with van der Waals surface area (Å²) in [6, 6.07) is -7.75. The predicted octanol–water partition coefficient (Wildman–Crippen LogP) is -5.15. The van der Waals surface area contributed by atoms with Crippen molar-refractivity contribution in [1.29, 1.82) is 0 Å². The molecule has 0 aliphatic carbocycles. The van der Waals surface area contributed by atoms with Gasteiger partial charge in [0.05, 0.1) is 31.7 Å². The molecule has 42 heteroatoms. The molecule has 18 atom stereocenters. The van der Waals surface area contributed by atoms with Crippen molar-refractivity contribution in [2.75, 3.05) is 26.2 Å². The van der Waals surface area contributed by atoms with Crippen molar-refractivity contribution in [3.8, 4) is 5.75 Å². The zero-order valence-electron chi connectivity index (χ0n) is 71.0. The third-order valence-corrected chi connectivity index (χ3v) is 20.2. The second kappa shape index (κ2) is 55.4. The number of aliphatic hydroxyl groups excluding tert-OH is 2. The minimum atomic E-state index is -1.93. The highest BCUT2D eigenvalue weighted by Gasteiger charge is 2.40. The third kappa shape index (κ3) is 38.9. The number of carbonyl (C=O) groups excluding carboxylic acids is 16. The second-order valence-corrected chi connectivity index (χ2v) is 30.8. The highest BCUT2D eigenvalue weighted by atomic mass is 16.4. The lowest BCUT2D eigenvalue weighted by Gasteiger charge is -2.29. The molecule has 29 N–H and O–H groups in total. The van der Waals surface area contributed by atoms with E-state index < -0.39 is 247 Å². The summed E-state index contributed by atoms with van der Waals surface area (Å²) in [7, 11) is 0. The van der Waals surface area contributed by atoms with Crippen LogP contribution in [0.15, 0.2) is 54.6 Å². The quantitative estimate of drug-likeness (QED) is 0.0275. The van der Waals surface area contributed by atoms with Crippen molar-refractivity contribution in [2.24, 2.45) is 52.3 Å². The third-order valence-electron chi connectivity index (χ3n) is 20.2. The Morgan fingerprint density at radius 1 is 0.393 bits per heavy atom. The number of carboxylic acids is 2. The number of aliphatic hydroxyl groups is 2. The van der Waals surface area contributed by atoms with Gasteiger partial charge in [-0.3, -0.25) is 81.5 Å². The van der Waals surface area contributed by atoms with Crippen molar-refractivity contribution in [2.45, 2.75) is 269 Å². The lowest BCUT2D eigenvalue weighted by Crippen LogP contribution is -2.62. The van der Waals surface area contributed by atoms with Crippen molar-refractivity contribution in [3.05, 3.63) is 65.7 Å². The van der Waals surface area contributed by atoms with Gasteiger partial charge in [0.25, 0.3) is 0 Å². The van der Waals surface area contributed by atoms with Crippen LogP contribution in [-0.4, -0.2) is 249 Å². The number of aromatic hydroxyl groups is 1. The molecule has 0 heterocycles. The number of carbonyl (C=O) groups is 18. The molecule has 16 amide bonds. The van der Waals surface area contributed by atoms with E-state index in [1.54, 1.807) is 85.7 Å². The zero-order chi connectivity index (χ0) is 92.2. The number of phenols is 1. The number of benzene rings is 2. The Hall–Kier alpha value is -11.5. The van der Waals surface area contributed by atoms with E-state index in [2.05, 4.69) is 74.4 Å². The normalized spacial score (nSPS) is 15.6. The molecule has 122 heavy (non-hydrogen) atoms. The minimum absolute atomic E-state index is 0.0222. The van der Waals surface area contributed by atoms with Crippen LogP contribution in [0, 0.1) is 23.7 Å². The molecule has 2 aromatic rings. The number of hydrogen-bond donors (Lipinski definition) is 24. The van der Waals surface area contributed by atoms with Gasteiger partial charge < -0.3 is 129 Å². The number of nitrogens with one attached hydrogen (secondary N) is 14. The van der Waals surface area contributed by atoms with E-state index in [-0.39, 0.29) is 95.4 Å². The van der Waals surface area contributed by atoms with Crippen LogP contribution in [0.5, 0.6) is 5.75 Å². The molecular formula is C80H129N19O23. The molecule has 2 aromatic carbocycles. The average molecular weight is 1730 g/mol. The van der Waals surface area contributed by atoms with Crippen LogP contribution in [0.25, 0.3) is 0 Å². The smallest absolute Gasteiger partial charge is 0.326 e. The molecule has 0 spiro atoms. The fourth-order valence-corrected chi connectivity index (χ4v) is 12.3. The number of nitrogens with two attached hydrogens (primary N) is 5. The van der Waals surface area contributed by atoms with Crippen molar-refractivity contribution >= 4 is 106 Å². The Labute approximate surface area is 709 Å². The lowest BCUT2D eigenvalue weighted by atomic mass is 9.96. The maximum absolute atomic E-state index is 14.7. The van der Waals surface area contributed by atoms with E-state index >= 15 is 0 Å². The summed E-state index contributed by atoms with van der Waals surface area (Å²) in [6.07, 6.45) is -2.94. The molecule has 682 valence electrons. The molecule has 0 bridgehead atoms. The summed E-state index contributed by atoms with van der Waals surface area (Å²) in [6.45, 7) is 13.9. The maximum atomic E-state index is 14.7. The Bertz CT molecular complexity index is 3820. The fraction of sp³-hybridized carbons (Fsp3) is 0.625. The summed E-state index contributed by atoms with van der Waals surface area (Å²) < 4.78 is 0. The SMILES string of the molecule is CC[C@@H](C)[C@H](NC(=O)CNC(=O)[C@@H](NC(=O)[C@@H](Cc1ccccc1)NC(=O)[C@H](CCCCN)NC(=O)[C@H](CO)NC(=O)[C@@H](CC(N)=O)NC(=O)[C@@H](C)NC(=O)[C@@H](CCCCN)NC(=O)[C@@H](NC(=O)[C@@H](Cc1ccc(O)cc1)NC(=O)[C@H](N)CCC(N)=O)[C@H](C)CC)[C@H](C)CC)C(=O)N[C@H](C(=O)N[C@@H](CCC(=O)O)C(=O)N[C@H](CC(C)C)C(=O)O)[C@H](C)O. The van der Waals surface area contributed by atoms with Gasteiger partial charge >= 0.3 is 11.9 Å². The summed E-state index contributed by atoms with van der Waals surface area (Å²) in [4.78, 5) is 244. The van der Waals surface area contributed by atoms with Gasteiger partial charge in [0.1, 0.15) is 84.3 Å². The summed E-state index contributed by atoms with van der Waals surface area (Å²) in [5, 5.41) is 85.0. The van der Waals surface area contributed by atoms with Crippen LogP contribution in [0.2, 0.25) is 0 Å². The summed E-state index contributed by atoms with van der Waals surface area (Å²) >= 11 is 0. The number of unbranched alkanes of at least 4 members (excludes halogenated alkanes) is 2. The second-order valence-electron chi connectivity index (χ2n) is 30.8. The van der Waals surface area contributed by atoms with Crippen LogP contribution >= 0.6 is 0 Å². The molecule has 0 aliphatic heterocycles. The van der Waals surface area contributed by atoms with Gasteiger partial charge in [0.15, 0.2) is 0 Å². The number of rotatable bonds is 59. The number of phenolic OH excluding ortho intramolecular Hbond substituents is 1. The van der Waals surface area contributed by atoms with E-state index in [0.717, 1.165) is 6.92 Å². The topological polar surface area (TPSA) is 707 Å². The van der Waals surface area contributed by atoms with E-state index in [0.29, 0.717) is 30.4 Å². The molecule has 0 radical (unpaired) electrons. The highest BCUT2D eigenvalue weighted by Crippen LogP contribution is 2.18. The molecule has 0 aliphatic rings. The van der Waals surface area contributed by atoms with Gasteiger partial charge in [0.2, 0.25) is 94.5 Å². The standard InChI is InChI=1S/C80H129N19O23/c1-11-42(6)63(76(117)86-39-61(105)96-64(43(7)12-2)78(119)99-66(46(10)101)79(120)90-53(30-32-62(106)107)71(112)94-57(80(121)122)35-41(4)5)97-74(115)55(36-47-21-15-14-16-22-47)93-70(111)52(24-18-20-34-82)88-75(116)58(40-100)95-72(113)56(38-60(85)104)91-67(108)45(9)87-69(110)51(23-17-19-33-81)89-77(118)65(44(8)13-3)98-73(114)54(37-48-25-27-49(102)28-26-48)92-68(109)50(83)29-31-59(84)103/h14-16,21-22,25-28,41-46,50-58,63-66,100-102H,11-13,17-20,23-24,29-40,81-83H2,1-10H3,(H2,84,103)(H2,85,104)(H,86,117)(H,87,110)(H,88,116)(H,89,118)(H,90,120)(H,91,108)(H,92,109)(H,93,111)(H,94,112)(H,95,113)(H,96,105)(H,97,115)(H,98,114)(H,99,119)(H,106,107)(H,121,122)/t42-,43-,44-,45-,46+,50-,51-,52+,53+,54-,55-,56-,57-,58+,63+,64+,65+,66+/m1/s1. The first-order chi connectivity index (χ1) is 57.4. The van der Waals surface area contributed by atoms with Gasteiger partial charge in [-0.25, -0.2) is 4.79 Å². The number of carboxylic acid groups (broad SMARTS) is 2. The molecule has 0 fully saturated rings. The first-order valence-corrected chi connectivity index (χ1v) is 41.0. The fourth-order valence-electron chi connectivity index (χ4n) is 12.3. The van der Waals surface area contributed by atoms with Gasteiger partial charge in [-0.15, -0.1) is 0 Å². The van der Waals surface area contributed by atoms with Gasteiger partial charge in [-0.1, -0.05) is 117 Å². The highest BCUT2D eigenvalue weighted by molar-refractivity contribution is 6.01. The monoisotopic (exact) mass is 1720 g/mol. The number of aliphatic carboxylic acids is 2. The van der Waals surface area contributed by atoms with Crippen LogP contribution in [0.1, 0.15) is 177 Å². The molecular weight excluding hydrogens is 1590 g/mol. The average Bonchev–Trinajstić information content (AvgIpc) is 0.851. The largest absolute Gasteiger partial charge is 0.508 e. The molecule has 0 unspecified atom stereocenters. The maximum Gasteiger partial charge on any atom is 0.326 e. The van der Waals surface area contributed by atoms with Gasteiger partial charge in [-0.05, 0) is 132 Å². The van der Waals surface area contributed by atoms with Gasteiger partial charge in [0, 0.05) is 25.7 Å². The summed E-state index contributed by atoms with van der Waals surface area (Å²) in [5.74, 6) is -21.0. The van der Waals surface area contributed by atoms with Gasteiger partial charge in [-0.2, -0.15) is 0 Å². The van der Waals surface area contributed by atoms with Crippen LogP contribution < -0.4 is 103 Å². The molecule has 0 saturated heterocycles. The first kappa shape index (κ1) is 107. The summed E-state index contributed by atoms with van der Waals surface area (Å²) in [5.41, 5.74) is 29.4. The number of amides is 16. The Kier molecular flexibility index (Phi) is 48.4. The Balaban J connectivity index is 2.42. The van der Waals surface area contributed by atoms with E-state index in [4.69, 9.17) is 28.7 Å². The molecule has 42 nitrogen and oxygen atoms in total. The molecule has 0 saturated carbocycles. The van der Waals surface area contributed by atoms with E-state index in [9.17, 15) is 112 Å². The molecule has 2 rings (SSSR count). The lowest BCUT2D eigenvalue weighted by molar-refractivity contribution is -0.143. The zero-order valence-corrected chi connectivity index (χ0v) is 71.0. The van der Waals surface area contributed by atoms with Crippen LogP contribution in [0.4, 0.5) is 0 Å². The number of primary amides is 2. The Morgan fingerprint density at radius 3 is 1.25 bits per heavy atom. The van der Waals surface area contributed by atoms with E-state index in [1.807, 2.05) is 0 Å². The van der Waals surface area contributed by atoms with Crippen molar-refractivity contribution in [3.63, 3.8) is 0 Å².